The van der Waals surface area contributed by atoms with Crippen LogP contribution >= 0.6 is 0 Å². The van der Waals surface area contributed by atoms with Crippen molar-refractivity contribution in [3.63, 3.8) is 0 Å². The molecular weight excluding hydrogens is 240 g/mol. The molecule has 0 aromatic carbocycles. The molecule has 0 spiro atoms. The highest BCUT2D eigenvalue weighted by Gasteiger charge is 2.27. The molecule has 1 aromatic rings. The summed E-state index contributed by atoms with van der Waals surface area (Å²) in [6.45, 7) is 0.947. The second-order valence-corrected chi connectivity index (χ2v) is 6.00. The van der Waals surface area contributed by atoms with E-state index < -0.39 is 0 Å². The molecule has 2 aliphatic rings. The molecule has 2 saturated carbocycles. The maximum Gasteiger partial charge on any atom is 0.223 e. The largest absolute Gasteiger partial charge is 0.369 e. The van der Waals surface area contributed by atoms with E-state index in [4.69, 9.17) is 5.73 Å². The Morgan fingerprint density at radius 1 is 1.26 bits per heavy atom. The van der Waals surface area contributed by atoms with Crippen molar-refractivity contribution in [1.29, 1.82) is 0 Å². The highest BCUT2D eigenvalue weighted by atomic mass is 16.1. The van der Waals surface area contributed by atoms with Crippen LogP contribution in [-0.4, -0.2) is 20.9 Å². The zero-order valence-electron chi connectivity index (χ0n) is 11.3. The van der Waals surface area contributed by atoms with E-state index in [1.165, 1.54) is 50.6 Å². The third-order valence-corrected chi connectivity index (χ3v) is 4.38. The number of carbonyl (C=O) groups is 1. The first kappa shape index (κ1) is 12.6. The van der Waals surface area contributed by atoms with E-state index in [-0.39, 0.29) is 12.3 Å². The van der Waals surface area contributed by atoms with Crippen LogP contribution < -0.4 is 5.73 Å². The van der Waals surface area contributed by atoms with Crippen LogP contribution in [0.25, 0.3) is 0 Å². The van der Waals surface area contributed by atoms with E-state index in [2.05, 4.69) is 10.3 Å². The van der Waals surface area contributed by atoms with E-state index in [0.717, 1.165) is 18.2 Å². The van der Waals surface area contributed by atoms with Gasteiger partial charge in [-0.05, 0) is 25.2 Å². The minimum Gasteiger partial charge on any atom is -0.369 e. The zero-order chi connectivity index (χ0) is 13.2. The number of hydrogen-bond donors (Lipinski definition) is 1. The van der Waals surface area contributed by atoms with Gasteiger partial charge in [-0.3, -0.25) is 4.79 Å². The Labute approximate surface area is 113 Å². The molecule has 0 atom stereocenters. The maximum atomic E-state index is 11.2. The number of aryl methyl sites for hydroxylation is 1. The quantitative estimate of drug-likeness (QED) is 0.849. The van der Waals surface area contributed by atoms with Gasteiger partial charge < -0.3 is 5.73 Å². The number of aromatic nitrogens is 3. The predicted molar refractivity (Wildman–Crippen MR) is 71.5 cm³/mol. The molecule has 1 heterocycles. The van der Waals surface area contributed by atoms with Gasteiger partial charge in [-0.1, -0.05) is 30.9 Å². The Hall–Kier alpha value is -1.39. The number of amides is 1. The molecule has 0 unspecified atom stereocenters. The van der Waals surface area contributed by atoms with E-state index >= 15 is 0 Å². The highest BCUT2D eigenvalue weighted by molar-refractivity contribution is 5.76. The molecule has 2 aliphatic carbocycles. The molecule has 2 fully saturated rings. The number of carbonyl (C=O) groups excluding carboxylic acids is 1. The molecule has 2 N–H and O–H groups in total. The van der Waals surface area contributed by atoms with E-state index in [9.17, 15) is 4.79 Å². The standard InChI is InChI=1S/C14H22N4O/c15-13(19)9-12-14(11-3-1-2-4-11)18(17-16-12)8-7-10-5-6-10/h10-11H,1-9H2,(H2,15,19). The molecular formula is C14H22N4O. The lowest BCUT2D eigenvalue weighted by atomic mass is 10.00. The fourth-order valence-electron chi connectivity index (χ4n) is 3.17. The van der Waals surface area contributed by atoms with Gasteiger partial charge in [0.15, 0.2) is 0 Å². The second-order valence-electron chi connectivity index (χ2n) is 6.00. The van der Waals surface area contributed by atoms with Crippen LogP contribution in [0.2, 0.25) is 0 Å². The van der Waals surface area contributed by atoms with Gasteiger partial charge in [0.2, 0.25) is 5.91 Å². The second kappa shape index (κ2) is 5.31. The molecule has 5 heteroatoms. The van der Waals surface area contributed by atoms with Crippen LogP contribution in [0.1, 0.15) is 62.3 Å². The number of nitrogens with two attached hydrogens (primary N) is 1. The summed E-state index contributed by atoms with van der Waals surface area (Å²) in [5, 5.41) is 8.48. The third kappa shape index (κ3) is 2.96. The highest BCUT2D eigenvalue weighted by Crippen LogP contribution is 2.37. The van der Waals surface area contributed by atoms with Gasteiger partial charge >= 0.3 is 0 Å². The van der Waals surface area contributed by atoms with E-state index in [1.807, 2.05) is 4.68 Å². The van der Waals surface area contributed by atoms with Gasteiger partial charge in [-0.15, -0.1) is 5.10 Å². The number of rotatable bonds is 6. The Balaban J connectivity index is 1.79. The zero-order valence-corrected chi connectivity index (χ0v) is 11.3. The van der Waals surface area contributed by atoms with Crippen LogP contribution in [0.4, 0.5) is 0 Å². The molecule has 1 aromatic heterocycles. The van der Waals surface area contributed by atoms with E-state index in [0.29, 0.717) is 5.92 Å². The third-order valence-electron chi connectivity index (χ3n) is 4.38. The Bertz CT molecular complexity index is 458. The van der Waals surface area contributed by atoms with Gasteiger partial charge in [-0.25, -0.2) is 4.68 Å². The van der Waals surface area contributed by atoms with Crippen molar-refractivity contribution in [2.24, 2.45) is 11.7 Å². The first-order valence-corrected chi connectivity index (χ1v) is 7.44. The molecule has 0 saturated heterocycles. The summed E-state index contributed by atoms with van der Waals surface area (Å²) in [6.07, 6.45) is 9.09. The van der Waals surface area contributed by atoms with Crippen LogP contribution in [0.15, 0.2) is 0 Å². The van der Waals surface area contributed by atoms with Crippen molar-refractivity contribution in [2.75, 3.05) is 0 Å². The Morgan fingerprint density at radius 3 is 2.63 bits per heavy atom. The molecule has 0 aliphatic heterocycles. The average Bonchev–Trinajstić information content (AvgIpc) is 2.88. The van der Waals surface area contributed by atoms with E-state index in [1.54, 1.807) is 0 Å². The Kier molecular flexibility index (Phi) is 3.53. The van der Waals surface area contributed by atoms with Crippen molar-refractivity contribution in [3.05, 3.63) is 11.4 Å². The summed E-state index contributed by atoms with van der Waals surface area (Å²) in [5.41, 5.74) is 7.32. The first-order valence-electron chi connectivity index (χ1n) is 7.44. The molecule has 1 amide bonds. The van der Waals surface area contributed by atoms with Crippen molar-refractivity contribution >= 4 is 5.91 Å². The van der Waals surface area contributed by atoms with Gasteiger partial charge in [0, 0.05) is 12.5 Å². The van der Waals surface area contributed by atoms with Gasteiger partial charge in [-0.2, -0.15) is 0 Å². The summed E-state index contributed by atoms with van der Waals surface area (Å²) in [7, 11) is 0. The molecule has 104 valence electrons. The summed E-state index contributed by atoms with van der Waals surface area (Å²) in [4.78, 5) is 11.2. The van der Waals surface area contributed by atoms with Gasteiger partial charge in [0.1, 0.15) is 0 Å². The number of hydrogen-bond acceptors (Lipinski definition) is 3. The normalized spacial score (nSPS) is 20.0. The van der Waals surface area contributed by atoms with Crippen molar-refractivity contribution in [3.8, 4) is 0 Å². The summed E-state index contributed by atoms with van der Waals surface area (Å²) in [6, 6.07) is 0. The summed E-state index contributed by atoms with van der Waals surface area (Å²) < 4.78 is 2.05. The maximum absolute atomic E-state index is 11.2. The van der Waals surface area contributed by atoms with Crippen LogP contribution in [0.5, 0.6) is 0 Å². The lowest BCUT2D eigenvalue weighted by molar-refractivity contribution is -0.117. The fourth-order valence-corrected chi connectivity index (χ4v) is 3.17. The molecule has 0 radical (unpaired) electrons. The molecule has 3 rings (SSSR count). The number of primary amides is 1. The first-order chi connectivity index (χ1) is 9.24. The molecule has 19 heavy (non-hydrogen) atoms. The lowest BCUT2D eigenvalue weighted by Crippen LogP contribution is -2.17. The van der Waals surface area contributed by atoms with Gasteiger partial charge in [0.05, 0.1) is 17.8 Å². The predicted octanol–water partition coefficient (Wildman–Crippen LogP) is 1.76. The van der Waals surface area contributed by atoms with Crippen LogP contribution in [0, 0.1) is 5.92 Å². The summed E-state index contributed by atoms with van der Waals surface area (Å²) in [5.74, 6) is 1.11. The average molecular weight is 262 g/mol. The summed E-state index contributed by atoms with van der Waals surface area (Å²) >= 11 is 0. The van der Waals surface area contributed by atoms with Gasteiger partial charge in [0.25, 0.3) is 0 Å². The lowest BCUT2D eigenvalue weighted by Gasteiger charge is -2.13. The fraction of sp³-hybridized carbons (Fsp3) is 0.786. The SMILES string of the molecule is NC(=O)Cc1nnn(CCC2CC2)c1C1CCCC1. The Morgan fingerprint density at radius 2 is 2.00 bits per heavy atom. The van der Waals surface area contributed by atoms with Crippen LogP contribution in [-0.2, 0) is 17.8 Å². The minimum atomic E-state index is -0.312. The number of nitrogens with zero attached hydrogens (tertiary/aromatic N) is 3. The smallest absolute Gasteiger partial charge is 0.223 e. The molecule has 0 bridgehead atoms. The van der Waals surface area contributed by atoms with Crippen molar-refractivity contribution in [1.82, 2.24) is 15.0 Å². The minimum absolute atomic E-state index is 0.231. The van der Waals surface area contributed by atoms with Crippen molar-refractivity contribution < 1.29 is 4.79 Å². The topological polar surface area (TPSA) is 73.8 Å². The van der Waals surface area contributed by atoms with Crippen LogP contribution in [0.3, 0.4) is 0 Å². The van der Waals surface area contributed by atoms with Crippen molar-refractivity contribution in [2.45, 2.75) is 63.8 Å². The molecule has 5 nitrogen and oxygen atoms in total. The monoisotopic (exact) mass is 262 g/mol.